The van der Waals surface area contributed by atoms with Crippen molar-refractivity contribution < 1.29 is 14.3 Å². The van der Waals surface area contributed by atoms with Gasteiger partial charge in [-0.2, -0.15) is 0 Å². The molecule has 0 aromatic heterocycles. The number of hydrogen-bond donors (Lipinski definition) is 2. The molecule has 1 saturated heterocycles. The first-order valence-electron chi connectivity index (χ1n) is 6.71. The molecule has 20 heavy (non-hydrogen) atoms. The predicted molar refractivity (Wildman–Crippen MR) is 76.1 cm³/mol. The van der Waals surface area contributed by atoms with Crippen LogP contribution in [0.3, 0.4) is 0 Å². The minimum absolute atomic E-state index is 0.0344. The molecule has 1 atom stereocenters. The molecule has 0 spiro atoms. The highest BCUT2D eigenvalue weighted by molar-refractivity contribution is 5.76. The van der Waals surface area contributed by atoms with Crippen molar-refractivity contribution in [3.05, 3.63) is 23.8 Å². The van der Waals surface area contributed by atoms with Crippen molar-refractivity contribution in [1.82, 2.24) is 10.2 Å². The fourth-order valence-electron chi connectivity index (χ4n) is 2.08. The standard InChI is InChI=1S/C14H21N3O3/c1-10(15)11-3-4-12(13(9-11)19-2)20-8-7-17-6-5-16-14(17)18/h3-4,9-10H,5-8,15H2,1-2H3,(H,16,18)/t10-/m1/s1. The Balaban J connectivity index is 1.93. The van der Waals surface area contributed by atoms with E-state index in [1.807, 2.05) is 25.1 Å². The molecule has 1 aliphatic rings. The van der Waals surface area contributed by atoms with Gasteiger partial charge in [0.15, 0.2) is 11.5 Å². The number of methoxy groups -OCH3 is 1. The van der Waals surface area contributed by atoms with Gasteiger partial charge in [0.25, 0.3) is 0 Å². The Labute approximate surface area is 118 Å². The van der Waals surface area contributed by atoms with E-state index in [9.17, 15) is 4.79 Å². The molecule has 2 amide bonds. The van der Waals surface area contributed by atoms with E-state index in [1.165, 1.54) is 0 Å². The van der Waals surface area contributed by atoms with Gasteiger partial charge in [-0.1, -0.05) is 6.07 Å². The maximum absolute atomic E-state index is 11.4. The molecule has 6 heteroatoms. The first-order chi connectivity index (χ1) is 9.61. The highest BCUT2D eigenvalue weighted by atomic mass is 16.5. The minimum Gasteiger partial charge on any atom is -0.493 e. The van der Waals surface area contributed by atoms with E-state index in [1.54, 1.807) is 12.0 Å². The Morgan fingerprint density at radius 3 is 2.85 bits per heavy atom. The molecule has 1 aliphatic heterocycles. The Morgan fingerprint density at radius 2 is 2.25 bits per heavy atom. The number of nitrogens with zero attached hydrogens (tertiary/aromatic N) is 1. The number of ether oxygens (including phenoxy) is 2. The molecule has 1 fully saturated rings. The molecule has 1 aromatic rings. The van der Waals surface area contributed by atoms with Crippen molar-refractivity contribution in [2.45, 2.75) is 13.0 Å². The number of nitrogens with one attached hydrogen (secondary N) is 1. The zero-order chi connectivity index (χ0) is 14.5. The topological polar surface area (TPSA) is 76.8 Å². The number of nitrogens with two attached hydrogens (primary N) is 1. The molecular formula is C14H21N3O3. The largest absolute Gasteiger partial charge is 0.493 e. The Hall–Kier alpha value is -1.95. The lowest BCUT2D eigenvalue weighted by Crippen LogP contribution is -2.31. The lowest BCUT2D eigenvalue weighted by Gasteiger charge is -2.16. The van der Waals surface area contributed by atoms with Crippen molar-refractivity contribution in [2.75, 3.05) is 33.4 Å². The van der Waals surface area contributed by atoms with E-state index in [2.05, 4.69) is 5.32 Å². The minimum atomic E-state index is -0.0498. The first kappa shape index (κ1) is 14.5. The van der Waals surface area contributed by atoms with Gasteiger partial charge in [-0.05, 0) is 24.6 Å². The molecule has 110 valence electrons. The van der Waals surface area contributed by atoms with E-state index in [4.69, 9.17) is 15.2 Å². The summed E-state index contributed by atoms with van der Waals surface area (Å²) in [5.74, 6) is 1.32. The fraction of sp³-hybridized carbons (Fsp3) is 0.500. The van der Waals surface area contributed by atoms with Crippen LogP contribution in [0.15, 0.2) is 18.2 Å². The summed E-state index contributed by atoms with van der Waals surface area (Å²) in [7, 11) is 1.60. The van der Waals surface area contributed by atoms with Gasteiger partial charge < -0.3 is 25.4 Å². The quantitative estimate of drug-likeness (QED) is 0.818. The average Bonchev–Trinajstić information content (AvgIpc) is 2.84. The summed E-state index contributed by atoms with van der Waals surface area (Å²) >= 11 is 0. The second-order valence-electron chi connectivity index (χ2n) is 4.77. The monoisotopic (exact) mass is 279 g/mol. The van der Waals surface area contributed by atoms with Gasteiger partial charge in [-0.15, -0.1) is 0 Å². The number of urea groups is 1. The van der Waals surface area contributed by atoms with E-state index in [0.717, 1.165) is 12.1 Å². The zero-order valence-electron chi connectivity index (χ0n) is 11.9. The van der Waals surface area contributed by atoms with Gasteiger partial charge in [0.2, 0.25) is 0 Å². The molecule has 6 nitrogen and oxygen atoms in total. The van der Waals surface area contributed by atoms with Gasteiger partial charge in [0.1, 0.15) is 6.61 Å². The Kier molecular flexibility index (Phi) is 4.68. The smallest absolute Gasteiger partial charge is 0.317 e. The molecule has 0 aliphatic carbocycles. The van der Waals surface area contributed by atoms with Crippen molar-refractivity contribution >= 4 is 6.03 Å². The van der Waals surface area contributed by atoms with Gasteiger partial charge >= 0.3 is 6.03 Å². The molecule has 0 saturated carbocycles. The van der Waals surface area contributed by atoms with Crippen LogP contribution in [0.4, 0.5) is 4.79 Å². The van der Waals surface area contributed by atoms with E-state index in [0.29, 0.717) is 31.2 Å². The summed E-state index contributed by atoms with van der Waals surface area (Å²) in [6.07, 6.45) is 0. The Morgan fingerprint density at radius 1 is 1.45 bits per heavy atom. The van der Waals surface area contributed by atoms with Crippen LogP contribution >= 0.6 is 0 Å². The molecule has 1 heterocycles. The normalized spacial score (nSPS) is 15.9. The summed E-state index contributed by atoms with van der Waals surface area (Å²) in [6.45, 7) is 4.33. The summed E-state index contributed by atoms with van der Waals surface area (Å²) in [5, 5.41) is 2.75. The average molecular weight is 279 g/mol. The highest BCUT2D eigenvalue weighted by Crippen LogP contribution is 2.29. The third-order valence-electron chi connectivity index (χ3n) is 3.28. The molecular weight excluding hydrogens is 258 g/mol. The lowest BCUT2D eigenvalue weighted by molar-refractivity contribution is 0.201. The van der Waals surface area contributed by atoms with Crippen molar-refractivity contribution in [3.8, 4) is 11.5 Å². The number of amides is 2. The first-order valence-corrected chi connectivity index (χ1v) is 6.71. The predicted octanol–water partition coefficient (Wildman–Crippen LogP) is 1.12. The van der Waals surface area contributed by atoms with Gasteiger partial charge in [0, 0.05) is 19.1 Å². The summed E-state index contributed by atoms with van der Waals surface area (Å²) < 4.78 is 11.0. The second-order valence-corrected chi connectivity index (χ2v) is 4.77. The van der Waals surface area contributed by atoms with E-state index >= 15 is 0 Å². The lowest BCUT2D eigenvalue weighted by atomic mass is 10.1. The van der Waals surface area contributed by atoms with Crippen LogP contribution < -0.4 is 20.5 Å². The van der Waals surface area contributed by atoms with Crippen LogP contribution in [0.5, 0.6) is 11.5 Å². The molecule has 1 aromatic carbocycles. The van der Waals surface area contributed by atoms with Crippen LogP contribution in [0.1, 0.15) is 18.5 Å². The van der Waals surface area contributed by atoms with Crippen LogP contribution in [0.2, 0.25) is 0 Å². The van der Waals surface area contributed by atoms with Crippen LogP contribution in [0, 0.1) is 0 Å². The third-order valence-corrected chi connectivity index (χ3v) is 3.28. The SMILES string of the molecule is COc1cc([C@@H](C)N)ccc1OCCN1CCNC1=O. The van der Waals surface area contributed by atoms with Crippen molar-refractivity contribution in [3.63, 3.8) is 0 Å². The van der Waals surface area contributed by atoms with E-state index < -0.39 is 0 Å². The van der Waals surface area contributed by atoms with Crippen LogP contribution in [-0.2, 0) is 0 Å². The highest BCUT2D eigenvalue weighted by Gasteiger charge is 2.19. The number of hydrogen-bond acceptors (Lipinski definition) is 4. The van der Waals surface area contributed by atoms with Gasteiger partial charge in [-0.25, -0.2) is 4.79 Å². The maximum Gasteiger partial charge on any atom is 0.317 e. The fourth-order valence-corrected chi connectivity index (χ4v) is 2.08. The number of benzene rings is 1. The van der Waals surface area contributed by atoms with Crippen LogP contribution in [0.25, 0.3) is 0 Å². The summed E-state index contributed by atoms with van der Waals surface area (Å²) in [4.78, 5) is 13.1. The third kappa shape index (κ3) is 3.33. The van der Waals surface area contributed by atoms with Gasteiger partial charge in [-0.3, -0.25) is 0 Å². The molecule has 2 rings (SSSR count). The molecule has 3 N–H and O–H groups in total. The van der Waals surface area contributed by atoms with Crippen molar-refractivity contribution in [2.24, 2.45) is 5.73 Å². The second kappa shape index (κ2) is 6.47. The molecule has 0 radical (unpaired) electrons. The number of rotatable bonds is 6. The summed E-state index contributed by atoms with van der Waals surface area (Å²) in [5.41, 5.74) is 6.83. The molecule has 0 unspecified atom stereocenters. The van der Waals surface area contributed by atoms with Crippen molar-refractivity contribution in [1.29, 1.82) is 0 Å². The van der Waals surface area contributed by atoms with Crippen LogP contribution in [-0.4, -0.2) is 44.3 Å². The zero-order valence-corrected chi connectivity index (χ0v) is 11.9. The molecule has 0 bridgehead atoms. The Bertz CT molecular complexity index is 477. The number of carbonyl (C=O) groups excluding carboxylic acids is 1. The summed E-state index contributed by atoms with van der Waals surface area (Å²) in [6, 6.07) is 5.56. The van der Waals surface area contributed by atoms with Gasteiger partial charge in [0.05, 0.1) is 13.7 Å². The van der Waals surface area contributed by atoms with E-state index in [-0.39, 0.29) is 12.1 Å². The maximum atomic E-state index is 11.4. The number of carbonyl (C=O) groups is 1.